The Morgan fingerprint density at radius 3 is 2.15 bits per heavy atom. The quantitative estimate of drug-likeness (QED) is 0.823. The monoisotopic (exact) mass is 364 g/mol. The summed E-state index contributed by atoms with van der Waals surface area (Å²) in [6, 6.07) is 12.2. The van der Waals surface area contributed by atoms with Gasteiger partial charge in [-0.05, 0) is 19.1 Å². The lowest BCUT2D eigenvalue weighted by Crippen LogP contribution is -2.47. The van der Waals surface area contributed by atoms with Crippen LogP contribution in [0.2, 0.25) is 0 Å². The average Bonchev–Trinajstić information content (AvgIpc) is 2.74. The van der Waals surface area contributed by atoms with Crippen LogP contribution in [0.3, 0.4) is 0 Å². The van der Waals surface area contributed by atoms with E-state index >= 15 is 0 Å². The predicted octanol–water partition coefficient (Wildman–Crippen LogP) is 1.82. The topological polar surface area (TPSA) is 68.5 Å². The summed E-state index contributed by atoms with van der Waals surface area (Å²) >= 11 is 0. The summed E-state index contributed by atoms with van der Waals surface area (Å²) in [6.45, 7) is 8.67. The van der Waals surface area contributed by atoms with Crippen molar-refractivity contribution >= 4 is 17.3 Å². The number of morpholine rings is 1. The molecule has 0 saturated carbocycles. The summed E-state index contributed by atoms with van der Waals surface area (Å²) in [5, 5.41) is 9.35. The Balaban J connectivity index is 1.48. The van der Waals surface area contributed by atoms with Crippen LogP contribution < -0.4 is 14.7 Å². The van der Waals surface area contributed by atoms with Crippen LogP contribution in [0.15, 0.2) is 30.3 Å². The fourth-order valence-corrected chi connectivity index (χ4v) is 3.67. The van der Waals surface area contributed by atoms with Gasteiger partial charge in [0.2, 0.25) is 0 Å². The van der Waals surface area contributed by atoms with Gasteiger partial charge < -0.3 is 19.4 Å². The van der Waals surface area contributed by atoms with Crippen LogP contribution in [0, 0.1) is 18.3 Å². The van der Waals surface area contributed by atoms with E-state index in [4.69, 9.17) is 4.74 Å². The Hall–Kier alpha value is -2.85. The number of aryl methyl sites for hydroxylation is 1. The van der Waals surface area contributed by atoms with Crippen molar-refractivity contribution in [1.82, 2.24) is 9.97 Å². The lowest BCUT2D eigenvalue weighted by Gasteiger charge is -2.37. The van der Waals surface area contributed by atoms with Crippen molar-refractivity contribution < 1.29 is 4.74 Å². The molecule has 2 aromatic rings. The molecule has 140 valence electrons. The molecule has 1 aromatic heterocycles. The summed E-state index contributed by atoms with van der Waals surface area (Å²) in [4.78, 5) is 16.2. The molecule has 2 saturated heterocycles. The van der Waals surface area contributed by atoms with E-state index in [1.165, 1.54) is 0 Å². The Kier molecular flexibility index (Phi) is 5.07. The molecule has 27 heavy (non-hydrogen) atoms. The molecule has 0 N–H and O–H groups in total. The normalized spacial score (nSPS) is 17.7. The molecular formula is C20H24N6O. The average molecular weight is 364 g/mol. The molecule has 2 aliphatic heterocycles. The van der Waals surface area contributed by atoms with Crippen molar-refractivity contribution in [2.24, 2.45) is 0 Å². The minimum Gasteiger partial charge on any atom is -0.378 e. The molecule has 1 aromatic carbocycles. The van der Waals surface area contributed by atoms with Gasteiger partial charge in [-0.2, -0.15) is 5.26 Å². The van der Waals surface area contributed by atoms with Crippen LogP contribution in [0.5, 0.6) is 0 Å². The second kappa shape index (κ2) is 7.80. The number of para-hydroxylation sites is 1. The fourth-order valence-electron chi connectivity index (χ4n) is 3.67. The van der Waals surface area contributed by atoms with E-state index in [-0.39, 0.29) is 0 Å². The summed E-state index contributed by atoms with van der Waals surface area (Å²) in [5.41, 5.74) is 1.76. The van der Waals surface area contributed by atoms with Gasteiger partial charge in [0.05, 0.1) is 24.5 Å². The molecule has 7 heteroatoms. The van der Waals surface area contributed by atoms with Crippen LogP contribution in [-0.4, -0.2) is 62.5 Å². The standard InChI is InChI=1S/C20H24N6O/c1-16-22-19(14-20(23-16)26-10-12-27-13-11-26)25-8-6-24(7-9-25)18-5-3-2-4-17(18)15-21/h2-5,14H,6-13H2,1H3. The zero-order chi connectivity index (χ0) is 18.6. The Morgan fingerprint density at radius 1 is 0.889 bits per heavy atom. The summed E-state index contributed by atoms with van der Waals surface area (Å²) in [5.74, 6) is 2.77. The van der Waals surface area contributed by atoms with Gasteiger partial charge in [-0.1, -0.05) is 12.1 Å². The number of piperazine rings is 1. The smallest absolute Gasteiger partial charge is 0.134 e. The summed E-state index contributed by atoms with van der Waals surface area (Å²) < 4.78 is 5.45. The molecule has 0 spiro atoms. The second-order valence-corrected chi connectivity index (χ2v) is 6.83. The molecule has 0 unspecified atom stereocenters. The van der Waals surface area contributed by atoms with E-state index in [0.717, 1.165) is 81.2 Å². The highest BCUT2D eigenvalue weighted by molar-refractivity contribution is 5.60. The zero-order valence-electron chi connectivity index (χ0n) is 15.6. The lowest BCUT2D eigenvalue weighted by atomic mass is 10.1. The Labute approximate surface area is 159 Å². The molecule has 3 heterocycles. The van der Waals surface area contributed by atoms with Crippen molar-refractivity contribution in [2.45, 2.75) is 6.92 Å². The molecule has 0 atom stereocenters. The van der Waals surface area contributed by atoms with Gasteiger partial charge in [0.25, 0.3) is 0 Å². The molecular weight excluding hydrogens is 340 g/mol. The Bertz CT molecular complexity index is 835. The first-order valence-corrected chi connectivity index (χ1v) is 9.42. The van der Waals surface area contributed by atoms with Gasteiger partial charge >= 0.3 is 0 Å². The number of hydrogen-bond acceptors (Lipinski definition) is 7. The van der Waals surface area contributed by atoms with Crippen molar-refractivity contribution in [3.8, 4) is 6.07 Å². The molecule has 0 bridgehead atoms. The molecule has 4 rings (SSSR count). The number of aromatic nitrogens is 2. The first-order valence-electron chi connectivity index (χ1n) is 9.42. The largest absolute Gasteiger partial charge is 0.378 e. The minimum atomic E-state index is 0.735. The number of benzene rings is 1. The van der Waals surface area contributed by atoms with E-state index in [1.807, 2.05) is 31.2 Å². The third kappa shape index (κ3) is 3.81. The number of nitrogens with zero attached hydrogens (tertiary/aromatic N) is 6. The van der Waals surface area contributed by atoms with E-state index in [1.54, 1.807) is 0 Å². The molecule has 0 radical (unpaired) electrons. The number of ether oxygens (including phenoxy) is 1. The van der Waals surface area contributed by atoms with Crippen molar-refractivity contribution in [3.63, 3.8) is 0 Å². The minimum absolute atomic E-state index is 0.735. The molecule has 7 nitrogen and oxygen atoms in total. The highest BCUT2D eigenvalue weighted by Gasteiger charge is 2.22. The van der Waals surface area contributed by atoms with E-state index in [9.17, 15) is 5.26 Å². The summed E-state index contributed by atoms with van der Waals surface area (Å²) in [6.07, 6.45) is 0. The summed E-state index contributed by atoms with van der Waals surface area (Å²) in [7, 11) is 0. The van der Waals surface area contributed by atoms with Gasteiger partial charge in [-0.3, -0.25) is 0 Å². The maximum atomic E-state index is 9.35. The van der Waals surface area contributed by atoms with Gasteiger partial charge in [-0.25, -0.2) is 9.97 Å². The Morgan fingerprint density at radius 2 is 1.48 bits per heavy atom. The molecule has 2 aliphatic rings. The number of hydrogen-bond donors (Lipinski definition) is 0. The van der Waals surface area contributed by atoms with Crippen molar-refractivity contribution in [3.05, 3.63) is 41.7 Å². The third-order valence-electron chi connectivity index (χ3n) is 5.11. The molecule has 2 fully saturated rings. The maximum absolute atomic E-state index is 9.35. The first kappa shape index (κ1) is 17.6. The highest BCUT2D eigenvalue weighted by atomic mass is 16.5. The van der Waals surface area contributed by atoms with Crippen LogP contribution >= 0.6 is 0 Å². The fraction of sp³-hybridized carbons (Fsp3) is 0.450. The van der Waals surface area contributed by atoms with Crippen LogP contribution in [0.1, 0.15) is 11.4 Å². The number of anilines is 3. The molecule has 0 aliphatic carbocycles. The first-order chi connectivity index (χ1) is 13.2. The predicted molar refractivity (Wildman–Crippen MR) is 105 cm³/mol. The second-order valence-electron chi connectivity index (χ2n) is 6.83. The van der Waals surface area contributed by atoms with E-state index in [0.29, 0.717) is 0 Å². The van der Waals surface area contributed by atoms with E-state index in [2.05, 4.69) is 36.8 Å². The third-order valence-corrected chi connectivity index (χ3v) is 5.11. The van der Waals surface area contributed by atoms with Crippen molar-refractivity contribution in [1.29, 1.82) is 5.26 Å². The van der Waals surface area contributed by atoms with Gasteiger partial charge in [0.15, 0.2) is 0 Å². The maximum Gasteiger partial charge on any atom is 0.134 e. The molecule has 0 amide bonds. The highest BCUT2D eigenvalue weighted by Crippen LogP contribution is 2.24. The van der Waals surface area contributed by atoms with Gasteiger partial charge in [-0.15, -0.1) is 0 Å². The lowest BCUT2D eigenvalue weighted by molar-refractivity contribution is 0.122. The van der Waals surface area contributed by atoms with Gasteiger partial charge in [0, 0.05) is 45.3 Å². The van der Waals surface area contributed by atoms with Crippen LogP contribution in [-0.2, 0) is 4.74 Å². The van der Waals surface area contributed by atoms with Gasteiger partial charge in [0.1, 0.15) is 23.5 Å². The zero-order valence-corrected chi connectivity index (χ0v) is 15.6. The number of rotatable bonds is 3. The number of nitriles is 1. The van der Waals surface area contributed by atoms with E-state index < -0.39 is 0 Å². The van der Waals surface area contributed by atoms with Crippen LogP contribution in [0.4, 0.5) is 17.3 Å². The van der Waals surface area contributed by atoms with Crippen LogP contribution in [0.25, 0.3) is 0 Å². The SMILES string of the molecule is Cc1nc(N2CCOCC2)cc(N2CCN(c3ccccc3C#N)CC2)n1. The van der Waals surface area contributed by atoms with Crippen molar-refractivity contribution in [2.75, 3.05) is 67.2 Å².